The topological polar surface area (TPSA) is 49.4 Å². The van der Waals surface area contributed by atoms with Gasteiger partial charge in [0.25, 0.3) is 5.91 Å². The molecule has 1 rings (SSSR count). The molecular weight excluding hydrogens is 156 g/mol. The number of rotatable bonds is 1. The van der Waals surface area contributed by atoms with Crippen LogP contribution in [0.1, 0.15) is 13.8 Å². The minimum Gasteiger partial charge on any atom is -0.326 e. The predicted octanol–water partition coefficient (Wildman–Crippen LogP) is -0.0500. The molecule has 0 radical (unpaired) electrons. The lowest BCUT2D eigenvalue weighted by atomic mass is 10.3. The van der Waals surface area contributed by atoms with Crippen LogP contribution >= 0.6 is 0 Å². The maximum Gasteiger partial charge on any atom is 0.325 e. The van der Waals surface area contributed by atoms with Crippen LogP contribution < -0.4 is 5.32 Å². The van der Waals surface area contributed by atoms with Crippen molar-refractivity contribution in [2.24, 2.45) is 0 Å². The van der Waals surface area contributed by atoms with Gasteiger partial charge in [0.15, 0.2) is 0 Å². The number of carbonyl (C=O) groups excluding carboxylic acids is 2. The van der Waals surface area contributed by atoms with Crippen molar-refractivity contribution in [2.75, 3.05) is 6.54 Å². The first kappa shape index (κ1) is 8.60. The monoisotopic (exact) mass is 166 g/mol. The van der Waals surface area contributed by atoms with E-state index in [0.717, 1.165) is 4.90 Å². The van der Waals surface area contributed by atoms with Crippen molar-refractivity contribution in [2.45, 2.75) is 19.9 Å². The molecule has 1 N–H and O–H groups in total. The Labute approximate surface area is 70.9 Å². The molecule has 4 heteroatoms. The fourth-order valence-corrected chi connectivity index (χ4v) is 0.967. The van der Waals surface area contributed by atoms with Crippen LogP contribution in [0.15, 0.2) is 0 Å². The van der Waals surface area contributed by atoms with E-state index in [4.69, 9.17) is 0 Å². The Bertz CT molecular complexity index is 275. The van der Waals surface area contributed by atoms with Gasteiger partial charge in [0.05, 0.1) is 6.54 Å². The third kappa shape index (κ3) is 1.40. The van der Waals surface area contributed by atoms with Crippen LogP contribution in [-0.4, -0.2) is 29.4 Å². The first-order valence-corrected chi connectivity index (χ1v) is 3.68. The molecule has 0 bridgehead atoms. The molecular formula is C8H10N2O2. The summed E-state index contributed by atoms with van der Waals surface area (Å²) in [5.41, 5.74) is 0. The number of nitrogens with zero attached hydrogens (tertiary/aromatic N) is 1. The molecule has 0 saturated carbocycles. The van der Waals surface area contributed by atoms with E-state index in [1.807, 2.05) is 0 Å². The zero-order chi connectivity index (χ0) is 9.14. The van der Waals surface area contributed by atoms with Crippen molar-refractivity contribution in [1.82, 2.24) is 10.2 Å². The Kier molecular flexibility index (Phi) is 2.34. The van der Waals surface area contributed by atoms with E-state index < -0.39 is 6.04 Å². The van der Waals surface area contributed by atoms with Crippen LogP contribution in [0.5, 0.6) is 0 Å². The summed E-state index contributed by atoms with van der Waals surface area (Å²) in [7, 11) is 0. The van der Waals surface area contributed by atoms with E-state index in [0.29, 0.717) is 0 Å². The van der Waals surface area contributed by atoms with Crippen LogP contribution in [0.25, 0.3) is 0 Å². The Hall–Kier alpha value is -1.50. The average Bonchev–Trinajstić information content (AvgIpc) is 2.25. The number of hydrogen-bond acceptors (Lipinski definition) is 2. The summed E-state index contributed by atoms with van der Waals surface area (Å²) in [6.07, 6.45) is 0. The van der Waals surface area contributed by atoms with E-state index >= 15 is 0 Å². The summed E-state index contributed by atoms with van der Waals surface area (Å²) in [6.45, 7) is 3.51. The average molecular weight is 166 g/mol. The number of imide groups is 1. The SMILES string of the molecule is CC#CCN1C(=O)NC(C)C1=O. The lowest BCUT2D eigenvalue weighted by Gasteiger charge is -2.06. The van der Waals surface area contributed by atoms with Gasteiger partial charge in [-0.25, -0.2) is 4.79 Å². The van der Waals surface area contributed by atoms with Crippen LogP contribution in [0.2, 0.25) is 0 Å². The van der Waals surface area contributed by atoms with Crippen LogP contribution in [0.4, 0.5) is 4.79 Å². The number of carbonyl (C=O) groups is 2. The molecule has 0 aromatic rings. The Morgan fingerprint density at radius 3 is 2.67 bits per heavy atom. The zero-order valence-corrected chi connectivity index (χ0v) is 7.05. The second-order valence-corrected chi connectivity index (χ2v) is 2.52. The molecule has 3 amide bonds. The molecule has 4 nitrogen and oxygen atoms in total. The van der Waals surface area contributed by atoms with E-state index in [1.165, 1.54) is 0 Å². The summed E-state index contributed by atoms with van der Waals surface area (Å²) in [5.74, 6) is 5.09. The second-order valence-electron chi connectivity index (χ2n) is 2.52. The quantitative estimate of drug-likeness (QED) is 0.438. The van der Waals surface area contributed by atoms with Crippen LogP contribution in [-0.2, 0) is 4.79 Å². The van der Waals surface area contributed by atoms with Crippen LogP contribution in [0, 0.1) is 11.8 Å². The molecule has 0 aromatic heterocycles. The van der Waals surface area contributed by atoms with Gasteiger partial charge < -0.3 is 5.32 Å². The van der Waals surface area contributed by atoms with E-state index in [-0.39, 0.29) is 18.5 Å². The predicted molar refractivity (Wildman–Crippen MR) is 43.2 cm³/mol. The van der Waals surface area contributed by atoms with Gasteiger partial charge >= 0.3 is 6.03 Å². The van der Waals surface area contributed by atoms with E-state index in [1.54, 1.807) is 13.8 Å². The smallest absolute Gasteiger partial charge is 0.325 e. The highest BCUT2D eigenvalue weighted by Crippen LogP contribution is 2.03. The van der Waals surface area contributed by atoms with Gasteiger partial charge in [0.2, 0.25) is 0 Å². The lowest BCUT2D eigenvalue weighted by molar-refractivity contribution is -0.126. The molecule has 1 atom stereocenters. The van der Waals surface area contributed by atoms with Gasteiger partial charge in [0.1, 0.15) is 6.04 Å². The zero-order valence-electron chi connectivity index (χ0n) is 7.05. The van der Waals surface area contributed by atoms with Crippen molar-refractivity contribution in [3.05, 3.63) is 0 Å². The first-order valence-electron chi connectivity index (χ1n) is 3.68. The summed E-state index contributed by atoms with van der Waals surface area (Å²) >= 11 is 0. The Balaban J connectivity index is 2.68. The Morgan fingerprint density at radius 1 is 1.58 bits per heavy atom. The van der Waals surface area contributed by atoms with Gasteiger partial charge in [-0.2, -0.15) is 0 Å². The molecule has 1 unspecified atom stereocenters. The standard InChI is InChI=1S/C8H10N2O2/c1-3-4-5-10-7(11)6(2)9-8(10)12/h6H,5H2,1-2H3,(H,9,12). The number of amides is 3. The first-order chi connectivity index (χ1) is 5.66. The largest absolute Gasteiger partial charge is 0.326 e. The number of hydrogen-bond donors (Lipinski definition) is 1. The van der Waals surface area contributed by atoms with Crippen molar-refractivity contribution < 1.29 is 9.59 Å². The minimum absolute atomic E-state index is 0.186. The summed E-state index contributed by atoms with van der Waals surface area (Å²) in [6, 6.07) is -0.758. The van der Waals surface area contributed by atoms with Crippen molar-refractivity contribution in [3.8, 4) is 11.8 Å². The maximum atomic E-state index is 11.2. The summed E-state index contributed by atoms with van der Waals surface area (Å²) in [4.78, 5) is 23.3. The molecule has 64 valence electrons. The fraction of sp³-hybridized carbons (Fsp3) is 0.500. The maximum absolute atomic E-state index is 11.2. The van der Waals surface area contributed by atoms with Gasteiger partial charge in [0, 0.05) is 0 Å². The van der Waals surface area contributed by atoms with Gasteiger partial charge in [-0.3, -0.25) is 9.69 Å². The van der Waals surface area contributed by atoms with Crippen LogP contribution in [0.3, 0.4) is 0 Å². The molecule has 12 heavy (non-hydrogen) atoms. The van der Waals surface area contributed by atoms with E-state index in [2.05, 4.69) is 17.2 Å². The molecule has 1 fully saturated rings. The minimum atomic E-state index is -0.406. The number of nitrogens with one attached hydrogen (secondary N) is 1. The molecule has 0 aromatic carbocycles. The highest BCUT2D eigenvalue weighted by atomic mass is 16.2. The van der Waals surface area contributed by atoms with Gasteiger partial charge in [-0.05, 0) is 13.8 Å². The molecule has 0 aliphatic carbocycles. The molecule has 1 aliphatic rings. The molecule has 1 heterocycles. The van der Waals surface area contributed by atoms with Gasteiger partial charge in [-0.15, -0.1) is 5.92 Å². The highest BCUT2D eigenvalue weighted by Gasteiger charge is 2.33. The van der Waals surface area contributed by atoms with Crippen molar-refractivity contribution in [3.63, 3.8) is 0 Å². The lowest BCUT2D eigenvalue weighted by Crippen LogP contribution is -2.31. The second kappa shape index (κ2) is 3.26. The van der Waals surface area contributed by atoms with E-state index in [9.17, 15) is 9.59 Å². The molecule has 1 saturated heterocycles. The van der Waals surface area contributed by atoms with Gasteiger partial charge in [-0.1, -0.05) is 5.92 Å². The highest BCUT2D eigenvalue weighted by molar-refractivity contribution is 6.04. The fourth-order valence-electron chi connectivity index (χ4n) is 0.967. The number of urea groups is 1. The molecule has 1 aliphatic heterocycles. The summed E-state index contributed by atoms with van der Waals surface area (Å²) < 4.78 is 0. The Morgan fingerprint density at radius 2 is 2.25 bits per heavy atom. The molecule has 0 spiro atoms. The van der Waals surface area contributed by atoms with Crippen molar-refractivity contribution >= 4 is 11.9 Å². The van der Waals surface area contributed by atoms with Crippen molar-refractivity contribution in [1.29, 1.82) is 0 Å². The third-order valence-electron chi connectivity index (χ3n) is 1.64. The summed E-state index contributed by atoms with van der Waals surface area (Å²) in [5, 5.41) is 2.50. The third-order valence-corrected chi connectivity index (χ3v) is 1.64. The normalized spacial score (nSPS) is 21.8.